The molecule has 0 aromatic heterocycles. The molecule has 3 aliphatic rings. The molecule has 184 valence electrons. The van der Waals surface area contributed by atoms with Gasteiger partial charge in [-0.15, -0.1) is 0 Å². The molecule has 0 saturated carbocycles. The standard InChI is InChI=1S/C30H32N4O2/c1-20-6-12-27(29(35)31-20)34-26-13-11-23(24-4-3-5-25(28(24)26)30(34)36)18-21-7-9-22(10-8-21)19-33-16-14-32(2)15-17-33/h3-5,7-11,13,27H,1,6,12,14-19H2,2H3,(H,31,35)/t27-/m1/s1/i27D. The van der Waals surface area contributed by atoms with Crippen molar-refractivity contribution in [3.8, 4) is 0 Å². The zero-order valence-electron chi connectivity index (χ0n) is 21.7. The molecule has 1 atom stereocenters. The summed E-state index contributed by atoms with van der Waals surface area (Å²) in [4.78, 5) is 32.6. The van der Waals surface area contributed by atoms with Gasteiger partial charge in [-0.1, -0.05) is 49.0 Å². The first-order valence-corrected chi connectivity index (χ1v) is 12.7. The highest BCUT2D eigenvalue weighted by Gasteiger charge is 2.39. The van der Waals surface area contributed by atoms with E-state index >= 15 is 0 Å². The number of benzene rings is 3. The maximum atomic E-state index is 13.5. The quantitative estimate of drug-likeness (QED) is 0.600. The van der Waals surface area contributed by atoms with E-state index in [0.717, 1.165) is 55.5 Å². The number of hydrogen-bond acceptors (Lipinski definition) is 4. The number of amides is 2. The lowest BCUT2D eigenvalue weighted by molar-refractivity contribution is -0.122. The summed E-state index contributed by atoms with van der Waals surface area (Å²) >= 11 is 0. The first-order chi connectivity index (χ1) is 17.8. The zero-order chi connectivity index (χ0) is 25.7. The largest absolute Gasteiger partial charge is 0.329 e. The Kier molecular flexibility index (Phi) is 5.56. The average molecular weight is 482 g/mol. The van der Waals surface area contributed by atoms with Gasteiger partial charge in [0.2, 0.25) is 5.91 Å². The molecule has 36 heavy (non-hydrogen) atoms. The van der Waals surface area contributed by atoms with E-state index in [-0.39, 0.29) is 12.3 Å². The van der Waals surface area contributed by atoms with Crippen molar-refractivity contribution in [2.45, 2.75) is 31.8 Å². The van der Waals surface area contributed by atoms with Crippen molar-refractivity contribution in [3.05, 3.63) is 89.1 Å². The lowest BCUT2D eigenvalue weighted by Crippen LogP contribution is -2.51. The second-order valence-electron chi connectivity index (χ2n) is 10.2. The number of carbonyl (C=O) groups excluding carboxylic acids is 2. The molecular weight excluding hydrogens is 448 g/mol. The molecule has 6 rings (SSSR count). The van der Waals surface area contributed by atoms with Gasteiger partial charge in [0.1, 0.15) is 6.02 Å². The van der Waals surface area contributed by atoms with Crippen LogP contribution in [0.3, 0.4) is 0 Å². The molecule has 2 fully saturated rings. The van der Waals surface area contributed by atoms with Gasteiger partial charge in [0, 0.05) is 49.4 Å². The number of nitrogens with one attached hydrogen (secondary N) is 1. The van der Waals surface area contributed by atoms with Crippen LogP contribution in [-0.4, -0.2) is 60.9 Å². The molecule has 0 bridgehead atoms. The first kappa shape index (κ1) is 21.8. The molecule has 1 N–H and O–H groups in total. The van der Waals surface area contributed by atoms with Crippen molar-refractivity contribution < 1.29 is 11.0 Å². The van der Waals surface area contributed by atoms with Gasteiger partial charge < -0.3 is 10.2 Å². The van der Waals surface area contributed by atoms with Crippen LogP contribution in [0.4, 0.5) is 5.69 Å². The van der Waals surface area contributed by atoms with E-state index in [1.165, 1.54) is 16.0 Å². The Morgan fingerprint density at radius 1 is 1.00 bits per heavy atom. The highest BCUT2D eigenvalue weighted by Crippen LogP contribution is 2.41. The fourth-order valence-electron chi connectivity index (χ4n) is 5.60. The Bertz CT molecular complexity index is 1410. The predicted molar refractivity (Wildman–Crippen MR) is 143 cm³/mol. The number of allylic oxidation sites excluding steroid dienone is 1. The van der Waals surface area contributed by atoms with Gasteiger partial charge in [0.15, 0.2) is 0 Å². The van der Waals surface area contributed by atoms with Crippen LogP contribution in [0.25, 0.3) is 10.8 Å². The summed E-state index contributed by atoms with van der Waals surface area (Å²) in [6.45, 7) is 9.23. The SMILES string of the molecule is [2H][C@@]1(N2C(=O)c3cccc4c(Cc5ccc(CN6CCN(C)CC6)cc5)ccc2c34)CCC(=C)NC1=O. The van der Waals surface area contributed by atoms with Gasteiger partial charge in [-0.25, -0.2) is 0 Å². The maximum Gasteiger partial charge on any atom is 0.259 e. The molecule has 0 radical (unpaired) electrons. The van der Waals surface area contributed by atoms with Crippen LogP contribution in [0.5, 0.6) is 0 Å². The van der Waals surface area contributed by atoms with Crippen molar-refractivity contribution in [1.29, 1.82) is 0 Å². The summed E-state index contributed by atoms with van der Waals surface area (Å²) in [6.07, 6.45) is 1.44. The summed E-state index contributed by atoms with van der Waals surface area (Å²) < 4.78 is 8.98. The third-order valence-corrected chi connectivity index (χ3v) is 7.69. The number of anilines is 1. The van der Waals surface area contributed by atoms with Gasteiger partial charge in [-0.2, -0.15) is 0 Å². The molecule has 0 spiro atoms. The molecule has 3 heterocycles. The maximum absolute atomic E-state index is 13.5. The van der Waals surface area contributed by atoms with Crippen molar-refractivity contribution >= 4 is 28.3 Å². The summed E-state index contributed by atoms with van der Waals surface area (Å²) in [7, 11) is 2.18. The van der Waals surface area contributed by atoms with Crippen molar-refractivity contribution in [2.75, 3.05) is 38.1 Å². The molecule has 0 aliphatic carbocycles. The normalized spacial score (nSPS) is 23.3. The second kappa shape index (κ2) is 9.19. The number of likely N-dealkylation sites (N-methyl/N-ethyl adjacent to an activating group) is 1. The van der Waals surface area contributed by atoms with Gasteiger partial charge in [-0.3, -0.25) is 19.4 Å². The van der Waals surface area contributed by atoms with Crippen LogP contribution in [0.2, 0.25) is 0 Å². The number of piperidine rings is 1. The number of rotatable bonds is 5. The van der Waals surface area contributed by atoms with Gasteiger partial charge in [0.25, 0.3) is 5.91 Å². The molecule has 3 aromatic carbocycles. The topological polar surface area (TPSA) is 55.9 Å². The van der Waals surface area contributed by atoms with Crippen molar-refractivity contribution in [2.24, 2.45) is 0 Å². The van der Waals surface area contributed by atoms with E-state index in [4.69, 9.17) is 1.37 Å². The lowest BCUT2D eigenvalue weighted by atomic mass is 9.95. The Morgan fingerprint density at radius 3 is 2.50 bits per heavy atom. The molecule has 6 heteroatoms. The first-order valence-electron chi connectivity index (χ1n) is 13.2. The highest BCUT2D eigenvalue weighted by molar-refractivity contribution is 6.27. The molecular formula is C30H32N4O2. The zero-order valence-corrected chi connectivity index (χ0v) is 20.7. The molecule has 2 amide bonds. The van der Waals surface area contributed by atoms with Crippen LogP contribution in [0.1, 0.15) is 41.3 Å². The molecule has 0 unspecified atom stereocenters. The number of nitrogens with zero attached hydrogens (tertiary/aromatic N) is 3. The summed E-state index contributed by atoms with van der Waals surface area (Å²) in [5.41, 5.74) is 5.45. The fraction of sp³-hybridized carbons (Fsp3) is 0.333. The highest BCUT2D eigenvalue weighted by atomic mass is 16.2. The van der Waals surface area contributed by atoms with Crippen LogP contribution in [0.15, 0.2) is 66.9 Å². The van der Waals surface area contributed by atoms with Gasteiger partial charge in [0.05, 0.1) is 7.06 Å². The third-order valence-electron chi connectivity index (χ3n) is 7.69. The molecule has 2 saturated heterocycles. The predicted octanol–water partition coefficient (Wildman–Crippen LogP) is 3.93. The summed E-state index contributed by atoms with van der Waals surface area (Å²) in [6, 6.07) is 16.8. The number of hydrogen-bond donors (Lipinski definition) is 1. The Morgan fingerprint density at radius 2 is 1.75 bits per heavy atom. The number of piperazine rings is 1. The van der Waals surface area contributed by atoms with Crippen molar-refractivity contribution in [3.63, 3.8) is 0 Å². The summed E-state index contributed by atoms with van der Waals surface area (Å²) in [5, 5.41) is 4.51. The van der Waals surface area contributed by atoms with E-state index < -0.39 is 11.9 Å². The smallest absolute Gasteiger partial charge is 0.259 e. The Labute approximate surface area is 213 Å². The third kappa shape index (κ3) is 4.10. The number of carbonyl (C=O) groups is 2. The minimum Gasteiger partial charge on any atom is -0.329 e. The van der Waals surface area contributed by atoms with Crippen LogP contribution < -0.4 is 10.2 Å². The van der Waals surface area contributed by atoms with E-state index in [1.54, 1.807) is 6.07 Å². The molecule has 6 nitrogen and oxygen atoms in total. The Hall–Kier alpha value is -3.48. The monoisotopic (exact) mass is 481 g/mol. The molecule has 3 aromatic rings. The Balaban J connectivity index is 1.27. The van der Waals surface area contributed by atoms with Crippen LogP contribution in [0, 0.1) is 0 Å². The van der Waals surface area contributed by atoms with E-state index in [9.17, 15) is 9.59 Å². The van der Waals surface area contributed by atoms with Crippen LogP contribution >= 0.6 is 0 Å². The van der Waals surface area contributed by atoms with Gasteiger partial charge in [-0.05, 0) is 60.5 Å². The molecule has 3 aliphatic heterocycles. The van der Waals surface area contributed by atoms with E-state index in [2.05, 4.69) is 53.0 Å². The fourth-order valence-corrected chi connectivity index (χ4v) is 5.60. The van der Waals surface area contributed by atoms with Crippen molar-refractivity contribution in [1.82, 2.24) is 15.1 Å². The van der Waals surface area contributed by atoms with Crippen LogP contribution in [-0.2, 0) is 17.8 Å². The van der Waals surface area contributed by atoms with E-state index in [1.807, 2.05) is 24.3 Å². The van der Waals surface area contributed by atoms with E-state index in [0.29, 0.717) is 23.4 Å². The average Bonchev–Trinajstić information content (AvgIpc) is 3.19. The summed E-state index contributed by atoms with van der Waals surface area (Å²) in [5.74, 6) is -0.789. The second-order valence-corrected chi connectivity index (χ2v) is 10.2. The lowest BCUT2D eigenvalue weighted by Gasteiger charge is -2.32. The minimum absolute atomic E-state index is 0.223. The van der Waals surface area contributed by atoms with Gasteiger partial charge >= 0.3 is 0 Å². The minimum atomic E-state index is -1.69.